The first-order valence-corrected chi connectivity index (χ1v) is 16.9. The van der Waals surface area contributed by atoms with Crippen molar-refractivity contribution in [1.29, 1.82) is 0 Å². The third kappa shape index (κ3) is 3.39. The summed E-state index contributed by atoms with van der Waals surface area (Å²) in [4.78, 5) is 2.56. The lowest BCUT2D eigenvalue weighted by atomic mass is 9.98. The van der Waals surface area contributed by atoms with Crippen molar-refractivity contribution in [2.75, 3.05) is 0 Å². The molecule has 3 heterocycles. The van der Waals surface area contributed by atoms with Crippen LogP contribution in [-0.2, 0) is 0 Å². The molecule has 11 rings (SSSR count). The fourth-order valence-electron chi connectivity index (χ4n) is 8.04. The smallest absolute Gasteiger partial charge is 0.111 e. The molecule has 0 radical (unpaired) electrons. The molecule has 3 aromatic heterocycles. The predicted molar refractivity (Wildman–Crippen MR) is 203 cm³/mol. The minimum atomic E-state index is 1.19. The molecule has 0 aliphatic carbocycles. The van der Waals surface area contributed by atoms with E-state index >= 15 is 0 Å². The molecule has 0 spiro atoms. The maximum atomic E-state index is 2.51. The molecule has 8 aromatic carbocycles. The highest BCUT2D eigenvalue weighted by atomic mass is 32.1. The van der Waals surface area contributed by atoms with Gasteiger partial charge >= 0.3 is 0 Å². The van der Waals surface area contributed by atoms with Gasteiger partial charge in [-0.1, -0.05) is 139 Å². The monoisotopic (exact) mass is 614 g/mol. The van der Waals surface area contributed by atoms with Gasteiger partial charge in [0.05, 0.1) is 16.7 Å². The van der Waals surface area contributed by atoms with E-state index in [0.29, 0.717) is 0 Å². The second-order valence-electron chi connectivity index (χ2n) is 12.5. The van der Waals surface area contributed by atoms with Crippen LogP contribution in [0.25, 0.3) is 96.7 Å². The molecule has 0 atom stereocenters. The molecule has 47 heavy (non-hydrogen) atoms. The number of hydrogen-bond donors (Lipinski definition) is 0. The Kier molecular flexibility index (Phi) is 5.02. The van der Waals surface area contributed by atoms with E-state index in [0.717, 1.165) is 0 Å². The average Bonchev–Trinajstić information content (AvgIpc) is 3.76. The number of para-hydroxylation sites is 1. The molecule has 0 fully saturated rings. The molecular weight excluding hydrogens is 589 g/mol. The van der Waals surface area contributed by atoms with Crippen LogP contribution in [0.5, 0.6) is 0 Å². The summed E-state index contributed by atoms with van der Waals surface area (Å²) >= 11 is 1.91. The highest BCUT2D eigenvalue weighted by molar-refractivity contribution is 7.25. The van der Waals surface area contributed by atoms with Crippen LogP contribution >= 0.6 is 11.3 Å². The Morgan fingerprint density at radius 2 is 0.979 bits per heavy atom. The fraction of sp³-hybridized carbons (Fsp3) is 0. The minimum absolute atomic E-state index is 1.19. The molecule has 0 N–H and O–H groups in total. The molecule has 0 aliphatic rings. The van der Waals surface area contributed by atoms with Crippen LogP contribution < -0.4 is 0 Å². The highest BCUT2D eigenvalue weighted by Gasteiger charge is 2.25. The summed E-state index contributed by atoms with van der Waals surface area (Å²) in [5, 5.41) is 15.5. The van der Waals surface area contributed by atoms with E-state index in [1.807, 2.05) is 11.3 Å². The largest absolute Gasteiger partial charge is 0.301 e. The van der Waals surface area contributed by atoms with Crippen LogP contribution in [0.15, 0.2) is 158 Å². The van der Waals surface area contributed by atoms with E-state index in [2.05, 4.69) is 167 Å². The summed E-state index contributed by atoms with van der Waals surface area (Å²) in [7, 11) is 0. The molecule has 218 valence electrons. The van der Waals surface area contributed by atoms with Gasteiger partial charge in [-0.2, -0.15) is 0 Å². The van der Waals surface area contributed by atoms with E-state index in [-0.39, 0.29) is 0 Å². The lowest BCUT2D eigenvalue weighted by molar-refractivity contribution is 1.20. The Morgan fingerprint density at radius 1 is 0.340 bits per heavy atom. The molecule has 0 unspecified atom stereocenters. The molecule has 0 bridgehead atoms. The van der Waals surface area contributed by atoms with Crippen LogP contribution in [0.4, 0.5) is 0 Å². The molecule has 0 saturated carbocycles. The zero-order valence-electron chi connectivity index (χ0n) is 25.3. The third-order valence-corrected chi connectivity index (χ3v) is 11.2. The van der Waals surface area contributed by atoms with Gasteiger partial charge in [0, 0.05) is 32.6 Å². The molecule has 11 aromatic rings. The number of nitrogens with zero attached hydrogens (tertiary/aromatic N) is 2. The van der Waals surface area contributed by atoms with Gasteiger partial charge < -0.3 is 9.13 Å². The van der Waals surface area contributed by atoms with Crippen molar-refractivity contribution in [3.8, 4) is 11.4 Å². The Morgan fingerprint density at radius 3 is 1.85 bits per heavy atom. The average molecular weight is 615 g/mol. The number of benzene rings is 8. The van der Waals surface area contributed by atoms with Gasteiger partial charge in [0.1, 0.15) is 9.66 Å². The zero-order chi connectivity index (χ0) is 30.6. The summed E-state index contributed by atoms with van der Waals surface area (Å²) in [6.45, 7) is 0. The third-order valence-electron chi connectivity index (χ3n) is 10.1. The molecule has 0 amide bonds. The first-order valence-electron chi connectivity index (χ1n) is 16.1. The molecule has 0 saturated heterocycles. The Hall–Kier alpha value is -5.90. The van der Waals surface area contributed by atoms with Crippen LogP contribution in [0.2, 0.25) is 0 Å². The lowest BCUT2D eigenvalue weighted by Crippen LogP contribution is -1.94. The maximum absolute atomic E-state index is 2.51. The Labute approximate surface area is 273 Å². The van der Waals surface area contributed by atoms with Gasteiger partial charge in [-0.05, 0) is 68.0 Å². The summed E-state index contributed by atoms with van der Waals surface area (Å²) in [5.41, 5.74) is 4.89. The normalized spacial score (nSPS) is 12.3. The van der Waals surface area contributed by atoms with Crippen molar-refractivity contribution in [2.45, 2.75) is 0 Å². The second kappa shape index (κ2) is 9.32. The SMILES string of the molecule is c1ccc2cc(-n3c4ccc5c6ccccc6ccc5c4c4c5c6ccccc6n(-c6cccc7ccccc67)c5sc43)ccc2c1. The van der Waals surface area contributed by atoms with Crippen molar-refractivity contribution in [3.63, 3.8) is 0 Å². The van der Waals surface area contributed by atoms with Gasteiger partial charge in [0.15, 0.2) is 0 Å². The van der Waals surface area contributed by atoms with Crippen LogP contribution in [0.3, 0.4) is 0 Å². The molecule has 3 heteroatoms. The summed E-state index contributed by atoms with van der Waals surface area (Å²) in [6, 6.07) is 58.0. The summed E-state index contributed by atoms with van der Waals surface area (Å²) < 4.78 is 5.02. The van der Waals surface area contributed by atoms with Gasteiger partial charge in [0.25, 0.3) is 0 Å². The van der Waals surface area contributed by atoms with E-state index in [9.17, 15) is 0 Å². The van der Waals surface area contributed by atoms with E-state index in [1.165, 1.54) is 96.7 Å². The van der Waals surface area contributed by atoms with Crippen molar-refractivity contribution < 1.29 is 0 Å². The van der Waals surface area contributed by atoms with E-state index < -0.39 is 0 Å². The first kappa shape index (κ1) is 25.3. The molecule has 2 nitrogen and oxygen atoms in total. The Balaban J connectivity index is 1.38. The van der Waals surface area contributed by atoms with Gasteiger partial charge in [-0.3, -0.25) is 0 Å². The Bertz CT molecular complexity index is 3070. The topological polar surface area (TPSA) is 9.86 Å². The van der Waals surface area contributed by atoms with Crippen molar-refractivity contribution in [2.24, 2.45) is 0 Å². The van der Waals surface area contributed by atoms with Gasteiger partial charge in [-0.15, -0.1) is 0 Å². The zero-order valence-corrected chi connectivity index (χ0v) is 26.1. The lowest BCUT2D eigenvalue weighted by Gasteiger charge is -2.11. The molecular formula is C44H26N2S. The van der Waals surface area contributed by atoms with Gasteiger partial charge in [0.2, 0.25) is 0 Å². The summed E-state index contributed by atoms with van der Waals surface area (Å²) in [5.74, 6) is 0. The number of aromatic nitrogens is 2. The fourth-order valence-corrected chi connectivity index (χ4v) is 9.43. The van der Waals surface area contributed by atoms with E-state index in [1.54, 1.807) is 0 Å². The number of fused-ring (bicyclic) bond motifs is 13. The second-order valence-corrected chi connectivity index (χ2v) is 13.5. The molecule has 0 aliphatic heterocycles. The maximum Gasteiger partial charge on any atom is 0.111 e. The van der Waals surface area contributed by atoms with Crippen molar-refractivity contribution >= 4 is 96.7 Å². The number of thiophene rings is 1. The predicted octanol–water partition coefficient (Wildman–Crippen LogP) is 12.6. The minimum Gasteiger partial charge on any atom is -0.301 e. The number of rotatable bonds is 2. The van der Waals surface area contributed by atoms with Crippen LogP contribution in [0, 0.1) is 0 Å². The van der Waals surface area contributed by atoms with Gasteiger partial charge in [-0.25, -0.2) is 0 Å². The first-order chi connectivity index (χ1) is 23.3. The summed E-state index contributed by atoms with van der Waals surface area (Å²) in [6.07, 6.45) is 0. The van der Waals surface area contributed by atoms with Crippen LogP contribution in [0.1, 0.15) is 0 Å². The van der Waals surface area contributed by atoms with Crippen molar-refractivity contribution in [1.82, 2.24) is 9.13 Å². The van der Waals surface area contributed by atoms with Crippen LogP contribution in [-0.4, -0.2) is 9.13 Å². The van der Waals surface area contributed by atoms with Crippen molar-refractivity contribution in [3.05, 3.63) is 158 Å². The van der Waals surface area contributed by atoms with E-state index in [4.69, 9.17) is 0 Å². The quantitative estimate of drug-likeness (QED) is 0.171. The number of hydrogen-bond acceptors (Lipinski definition) is 1. The standard InChI is InChI=1S/C44H26N2S/c1-2-13-30-26-31(22-20-27(30)10-1)45-39-25-24-34-32-15-5-3-12-29(32)21-23-35(34)40(39)42-41-36-17-7-8-18-38(36)46(43(41)47-44(42)45)37-19-9-14-28-11-4-6-16-33(28)37/h1-26H. The highest BCUT2D eigenvalue weighted by Crippen LogP contribution is 2.50.